The molecule has 0 aromatic heterocycles. The summed E-state index contributed by atoms with van der Waals surface area (Å²) in [5.74, 6) is -1.22. The number of sulfonamides is 1. The molecule has 0 unspecified atom stereocenters. The molecule has 0 radical (unpaired) electrons. The maximum Gasteiger partial charge on any atom is 0.343 e. The predicted molar refractivity (Wildman–Crippen MR) is 98.8 cm³/mol. The fraction of sp³-hybridized carbons (Fsp3) is 0.167. The summed E-state index contributed by atoms with van der Waals surface area (Å²) in [6.07, 6.45) is 0.619. The van der Waals surface area contributed by atoms with Crippen molar-refractivity contribution in [2.24, 2.45) is 0 Å². The number of hydrogen-bond donors (Lipinski definition) is 2. The number of hydrogen-bond acceptors (Lipinski definition) is 5. The van der Waals surface area contributed by atoms with E-state index in [0.717, 1.165) is 10.6 Å². The molecule has 4 rings (SSSR count). The molecule has 2 heterocycles. The normalized spacial score (nSPS) is 16.1. The molecule has 4 amide bonds. The molecule has 0 aliphatic carbocycles. The van der Waals surface area contributed by atoms with Crippen LogP contribution in [-0.4, -0.2) is 44.4 Å². The number of amides is 4. The second-order valence-electron chi connectivity index (χ2n) is 6.36. The SMILES string of the molecule is O=C1CN(NC(=O)c2cccc(S(=O)(=O)N3CCc4ccccc43)c2)C(=O)N1. The van der Waals surface area contributed by atoms with E-state index in [2.05, 4.69) is 5.43 Å². The molecule has 2 N–H and O–H groups in total. The average molecular weight is 400 g/mol. The van der Waals surface area contributed by atoms with Crippen molar-refractivity contribution >= 4 is 33.6 Å². The lowest BCUT2D eigenvalue weighted by molar-refractivity contribution is -0.118. The Bertz CT molecular complexity index is 1100. The zero-order chi connectivity index (χ0) is 19.9. The fourth-order valence-corrected chi connectivity index (χ4v) is 4.75. The number of carbonyl (C=O) groups excluding carboxylic acids is 3. The number of imide groups is 1. The van der Waals surface area contributed by atoms with Crippen LogP contribution >= 0.6 is 0 Å². The minimum atomic E-state index is -3.85. The van der Waals surface area contributed by atoms with Crippen LogP contribution in [0.25, 0.3) is 0 Å². The number of benzene rings is 2. The highest BCUT2D eigenvalue weighted by Gasteiger charge is 2.32. The van der Waals surface area contributed by atoms with E-state index in [4.69, 9.17) is 0 Å². The van der Waals surface area contributed by atoms with Gasteiger partial charge in [-0.1, -0.05) is 24.3 Å². The van der Waals surface area contributed by atoms with Gasteiger partial charge in [-0.2, -0.15) is 0 Å². The van der Waals surface area contributed by atoms with Crippen LogP contribution in [0.15, 0.2) is 53.4 Å². The van der Waals surface area contributed by atoms with Crippen LogP contribution in [0.3, 0.4) is 0 Å². The Morgan fingerprint density at radius 1 is 1.07 bits per heavy atom. The van der Waals surface area contributed by atoms with Crippen LogP contribution in [0.5, 0.6) is 0 Å². The first-order valence-electron chi connectivity index (χ1n) is 8.49. The fourth-order valence-electron chi connectivity index (χ4n) is 3.20. The van der Waals surface area contributed by atoms with Gasteiger partial charge in [-0.15, -0.1) is 0 Å². The van der Waals surface area contributed by atoms with Gasteiger partial charge in [0.1, 0.15) is 6.54 Å². The summed E-state index contributed by atoms with van der Waals surface area (Å²) >= 11 is 0. The van der Waals surface area contributed by atoms with Gasteiger partial charge in [0.05, 0.1) is 10.6 Å². The highest BCUT2D eigenvalue weighted by atomic mass is 32.2. The second-order valence-corrected chi connectivity index (χ2v) is 8.23. The zero-order valence-corrected chi connectivity index (χ0v) is 15.4. The molecule has 0 spiro atoms. The molecular formula is C18H16N4O5S. The molecule has 0 saturated carbocycles. The standard InChI is InChI=1S/C18H16N4O5S/c23-16-11-21(18(25)19-16)20-17(24)13-5-3-6-14(10-13)28(26,27)22-9-8-12-4-1-2-7-15(12)22/h1-7,10H,8-9,11H2,(H,20,24)(H,19,23,25). The zero-order valence-electron chi connectivity index (χ0n) is 14.6. The van der Waals surface area contributed by atoms with Crippen LogP contribution in [0.2, 0.25) is 0 Å². The Labute approximate surface area is 161 Å². The van der Waals surface area contributed by atoms with E-state index in [9.17, 15) is 22.8 Å². The summed E-state index contributed by atoms with van der Waals surface area (Å²) in [5, 5.41) is 2.87. The van der Waals surface area contributed by atoms with E-state index in [1.807, 2.05) is 17.4 Å². The van der Waals surface area contributed by atoms with Crippen LogP contribution in [-0.2, 0) is 21.2 Å². The maximum atomic E-state index is 13.1. The van der Waals surface area contributed by atoms with Gasteiger partial charge < -0.3 is 0 Å². The van der Waals surface area contributed by atoms with Crippen molar-refractivity contribution in [1.29, 1.82) is 0 Å². The topological polar surface area (TPSA) is 116 Å². The lowest BCUT2D eigenvalue weighted by Gasteiger charge is -2.20. The van der Waals surface area contributed by atoms with Crippen LogP contribution in [0.4, 0.5) is 10.5 Å². The number of hydrazine groups is 1. The van der Waals surface area contributed by atoms with Crippen molar-refractivity contribution in [1.82, 2.24) is 15.8 Å². The molecule has 2 aliphatic heterocycles. The van der Waals surface area contributed by atoms with Crippen molar-refractivity contribution < 1.29 is 22.8 Å². The number of rotatable bonds is 4. The summed E-state index contributed by atoms with van der Waals surface area (Å²) in [4.78, 5) is 35.1. The van der Waals surface area contributed by atoms with Crippen LogP contribution in [0.1, 0.15) is 15.9 Å². The molecule has 10 heteroatoms. The Kier molecular flexibility index (Phi) is 4.27. The van der Waals surface area contributed by atoms with E-state index in [-0.39, 0.29) is 17.0 Å². The molecule has 0 atom stereocenters. The van der Waals surface area contributed by atoms with Crippen LogP contribution in [0, 0.1) is 0 Å². The van der Waals surface area contributed by atoms with Gasteiger partial charge in [0.15, 0.2) is 0 Å². The first kappa shape index (κ1) is 18.0. The lowest BCUT2D eigenvalue weighted by Crippen LogP contribution is -2.44. The minimum Gasteiger partial charge on any atom is -0.275 e. The second kappa shape index (κ2) is 6.64. The van der Waals surface area contributed by atoms with Gasteiger partial charge in [0, 0.05) is 12.1 Å². The van der Waals surface area contributed by atoms with E-state index in [1.165, 1.54) is 28.6 Å². The first-order chi connectivity index (χ1) is 13.4. The Balaban J connectivity index is 1.59. The molecule has 0 bridgehead atoms. The van der Waals surface area contributed by atoms with E-state index in [0.29, 0.717) is 18.7 Å². The van der Waals surface area contributed by atoms with Crippen molar-refractivity contribution in [3.05, 3.63) is 59.7 Å². The number of carbonyl (C=O) groups is 3. The molecule has 2 aromatic carbocycles. The van der Waals surface area contributed by atoms with Crippen molar-refractivity contribution in [2.45, 2.75) is 11.3 Å². The number of para-hydroxylation sites is 1. The number of urea groups is 1. The lowest BCUT2D eigenvalue weighted by atomic mass is 10.2. The average Bonchev–Trinajstić information content (AvgIpc) is 3.25. The Morgan fingerprint density at radius 3 is 2.61 bits per heavy atom. The molecule has 9 nitrogen and oxygen atoms in total. The molecule has 144 valence electrons. The van der Waals surface area contributed by atoms with Crippen LogP contribution < -0.4 is 15.0 Å². The van der Waals surface area contributed by atoms with E-state index in [1.54, 1.807) is 12.1 Å². The minimum absolute atomic E-state index is 0.0289. The van der Waals surface area contributed by atoms with E-state index < -0.39 is 27.9 Å². The van der Waals surface area contributed by atoms with Gasteiger partial charge >= 0.3 is 6.03 Å². The first-order valence-corrected chi connectivity index (χ1v) is 9.93. The Morgan fingerprint density at radius 2 is 1.86 bits per heavy atom. The van der Waals surface area contributed by atoms with Crippen molar-refractivity contribution in [3.8, 4) is 0 Å². The number of nitrogens with zero attached hydrogens (tertiary/aromatic N) is 2. The number of anilines is 1. The van der Waals surface area contributed by atoms with Crippen molar-refractivity contribution in [2.75, 3.05) is 17.4 Å². The number of fused-ring (bicyclic) bond motifs is 1. The molecule has 2 aliphatic rings. The van der Waals surface area contributed by atoms with Gasteiger partial charge in [0.2, 0.25) is 5.91 Å². The summed E-state index contributed by atoms with van der Waals surface area (Å²) in [7, 11) is -3.85. The monoisotopic (exact) mass is 400 g/mol. The summed E-state index contributed by atoms with van der Waals surface area (Å²) < 4.78 is 27.5. The largest absolute Gasteiger partial charge is 0.343 e. The molecule has 28 heavy (non-hydrogen) atoms. The Hall–Kier alpha value is -3.40. The van der Waals surface area contributed by atoms with E-state index >= 15 is 0 Å². The maximum absolute atomic E-state index is 13.1. The van der Waals surface area contributed by atoms with Gasteiger partial charge in [0.25, 0.3) is 15.9 Å². The smallest absolute Gasteiger partial charge is 0.275 e. The third-order valence-corrected chi connectivity index (χ3v) is 6.37. The molecular weight excluding hydrogens is 384 g/mol. The molecule has 2 aromatic rings. The summed E-state index contributed by atoms with van der Waals surface area (Å²) in [6.45, 7) is 0.0291. The third kappa shape index (κ3) is 3.07. The quantitative estimate of drug-likeness (QED) is 0.731. The third-order valence-electron chi connectivity index (χ3n) is 4.56. The highest BCUT2D eigenvalue weighted by Crippen LogP contribution is 2.32. The predicted octanol–water partition coefficient (Wildman–Crippen LogP) is 0.635. The van der Waals surface area contributed by atoms with Crippen molar-refractivity contribution in [3.63, 3.8) is 0 Å². The van der Waals surface area contributed by atoms with Gasteiger partial charge in [-0.25, -0.2) is 18.2 Å². The summed E-state index contributed by atoms with van der Waals surface area (Å²) in [5.41, 5.74) is 3.93. The van der Waals surface area contributed by atoms with Gasteiger partial charge in [-0.05, 0) is 36.2 Å². The number of nitrogens with one attached hydrogen (secondary N) is 2. The molecule has 1 saturated heterocycles. The highest BCUT2D eigenvalue weighted by molar-refractivity contribution is 7.92. The molecule has 1 fully saturated rings. The van der Waals surface area contributed by atoms with Gasteiger partial charge in [-0.3, -0.25) is 24.6 Å². The summed E-state index contributed by atoms with van der Waals surface area (Å²) in [6, 6.07) is 12.1.